The van der Waals surface area contributed by atoms with Crippen molar-refractivity contribution in [1.82, 2.24) is 0 Å². The van der Waals surface area contributed by atoms with Gasteiger partial charge in [-0.05, 0) is 55.1 Å². The Labute approximate surface area is 140 Å². The van der Waals surface area contributed by atoms with Crippen LogP contribution in [-0.4, -0.2) is 21.8 Å². The van der Waals surface area contributed by atoms with E-state index in [-0.39, 0.29) is 11.5 Å². The SMILES string of the molecule is COCc1cc(S(N)(=O)=O)ccc1Oc1ccc(SC)c(C)c1. The molecule has 7 heteroatoms. The second-order valence-electron chi connectivity index (χ2n) is 4.98. The van der Waals surface area contributed by atoms with E-state index < -0.39 is 10.0 Å². The monoisotopic (exact) mass is 353 g/mol. The highest BCUT2D eigenvalue weighted by Crippen LogP contribution is 2.31. The Morgan fingerprint density at radius 3 is 2.48 bits per heavy atom. The number of methoxy groups -OCH3 is 1. The number of hydrogen-bond acceptors (Lipinski definition) is 5. The van der Waals surface area contributed by atoms with Crippen molar-refractivity contribution in [2.75, 3.05) is 13.4 Å². The summed E-state index contributed by atoms with van der Waals surface area (Å²) >= 11 is 1.67. The van der Waals surface area contributed by atoms with Gasteiger partial charge in [0.15, 0.2) is 0 Å². The fourth-order valence-corrected chi connectivity index (χ4v) is 3.29. The van der Waals surface area contributed by atoms with Crippen LogP contribution in [0.2, 0.25) is 0 Å². The fourth-order valence-electron chi connectivity index (χ4n) is 2.14. The van der Waals surface area contributed by atoms with Crippen LogP contribution >= 0.6 is 11.8 Å². The highest BCUT2D eigenvalue weighted by Gasteiger charge is 2.13. The first kappa shape index (κ1) is 17.8. The summed E-state index contributed by atoms with van der Waals surface area (Å²) in [4.78, 5) is 1.21. The summed E-state index contributed by atoms with van der Waals surface area (Å²) in [5.74, 6) is 1.22. The van der Waals surface area contributed by atoms with Gasteiger partial charge in [-0.15, -0.1) is 11.8 Å². The van der Waals surface area contributed by atoms with Crippen LogP contribution in [0, 0.1) is 6.92 Å². The molecule has 23 heavy (non-hydrogen) atoms. The molecule has 0 aromatic heterocycles. The molecule has 0 fully saturated rings. The normalized spacial score (nSPS) is 11.5. The number of hydrogen-bond donors (Lipinski definition) is 1. The number of aryl methyl sites for hydroxylation is 1. The minimum Gasteiger partial charge on any atom is -0.457 e. The van der Waals surface area contributed by atoms with Gasteiger partial charge < -0.3 is 9.47 Å². The molecule has 0 atom stereocenters. The Morgan fingerprint density at radius 2 is 1.91 bits per heavy atom. The smallest absolute Gasteiger partial charge is 0.238 e. The molecule has 5 nitrogen and oxygen atoms in total. The third kappa shape index (κ3) is 4.48. The average molecular weight is 353 g/mol. The number of sulfonamides is 1. The molecule has 0 amide bonds. The summed E-state index contributed by atoms with van der Waals surface area (Å²) in [5.41, 5.74) is 1.73. The second kappa shape index (κ2) is 7.35. The van der Waals surface area contributed by atoms with Crippen molar-refractivity contribution in [2.45, 2.75) is 23.3 Å². The molecular formula is C16H19NO4S2. The minimum absolute atomic E-state index is 0.0332. The molecule has 0 bridgehead atoms. The van der Waals surface area contributed by atoms with Crippen LogP contribution in [0.25, 0.3) is 0 Å². The first-order chi connectivity index (χ1) is 10.8. The largest absolute Gasteiger partial charge is 0.457 e. The van der Waals surface area contributed by atoms with Crippen LogP contribution in [-0.2, 0) is 21.4 Å². The number of primary sulfonamides is 1. The van der Waals surface area contributed by atoms with E-state index in [1.165, 1.54) is 24.1 Å². The van der Waals surface area contributed by atoms with E-state index in [2.05, 4.69) is 0 Å². The molecule has 0 aliphatic heterocycles. The van der Waals surface area contributed by atoms with Crippen LogP contribution < -0.4 is 9.88 Å². The lowest BCUT2D eigenvalue weighted by Gasteiger charge is -2.13. The Bertz CT molecular complexity index is 804. The zero-order valence-corrected chi connectivity index (χ0v) is 14.8. The summed E-state index contributed by atoms with van der Waals surface area (Å²) in [6.45, 7) is 2.24. The number of benzene rings is 2. The van der Waals surface area contributed by atoms with Crippen molar-refractivity contribution >= 4 is 21.8 Å². The van der Waals surface area contributed by atoms with Crippen molar-refractivity contribution in [1.29, 1.82) is 0 Å². The van der Waals surface area contributed by atoms with E-state index in [4.69, 9.17) is 14.6 Å². The molecule has 0 aliphatic carbocycles. The van der Waals surface area contributed by atoms with Gasteiger partial charge in [0.1, 0.15) is 11.5 Å². The van der Waals surface area contributed by atoms with Crippen LogP contribution in [0.4, 0.5) is 0 Å². The van der Waals surface area contributed by atoms with Gasteiger partial charge in [-0.25, -0.2) is 13.6 Å². The van der Waals surface area contributed by atoms with Gasteiger partial charge in [0.2, 0.25) is 10.0 Å². The molecular weight excluding hydrogens is 334 g/mol. The molecule has 124 valence electrons. The Hall–Kier alpha value is -1.54. The molecule has 2 aromatic rings. The standard InChI is InChI=1S/C16H19NO4S2/c1-11-8-13(4-7-16(11)22-3)21-15-6-5-14(23(17,18)19)9-12(15)10-20-2/h4-9H,10H2,1-3H3,(H2,17,18,19). The van der Waals surface area contributed by atoms with E-state index in [9.17, 15) is 8.42 Å². The van der Waals surface area contributed by atoms with E-state index in [0.29, 0.717) is 17.1 Å². The molecule has 0 aliphatic rings. The van der Waals surface area contributed by atoms with Gasteiger partial charge in [0.05, 0.1) is 11.5 Å². The maximum atomic E-state index is 11.5. The Morgan fingerprint density at radius 1 is 1.17 bits per heavy atom. The first-order valence-corrected chi connectivity index (χ1v) is 9.59. The molecule has 0 radical (unpaired) electrons. The van der Waals surface area contributed by atoms with Gasteiger partial charge in [-0.1, -0.05) is 0 Å². The average Bonchev–Trinajstić information content (AvgIpc) is 2.48. The van der Waals surface area contributed by atoms with E-state index in [0.717, 1.165) is 5.56 Å². The zero-order valence-electron chi connectivity index (χ0n) is 13.2. The Balaban J connectivity index is 2.37. The summed E-state index contributed by atoms with van der Waals surface area (Å²) in [5, 5.41) is 5.16. The van der Waals surface area contributed by atoms with E-state index in [1.54, 1.807) is 17.8 Å². The first-order valence-electron chi connectivity index (χ1n) is 6.82. The van der Waals surface area contributed by atoms with Crippen LogP contribution in [0.15, 0.2) is 46.2 Å². The summed E-state index contributed by atoms with van der Waals surface area (Å²) < 4.78 is 33.9. The van der Waals surface area contributed by atoms with Crippen molar-refractivity contribution in [3.63, 3.8) is 0 Å². The van der Waals surface area contributed by atoms with Gasteiger partial charge in [0.25, 0.3) is 0 Å². The predicted molar refractivity (Wildman–Crippen MR) is 91.6 cm³/mol. The maximum absolute atomic E-state index is 11.5. The van der Waals surface area contributed by atoms with Gasteiger partial charge in [-0.2, -0.15) is 0 Å². The number of nitrogens with two attached hydrogens (primary N) is 1. The van der Waals surface area contributed by atoms with Gasteiger partial charge in [-0.3, -0.25) is 0 Å². The maximum Gasteiger partial charge on any atom is 0.238 e. The highest BCUT2D eigenvalue weighted by molar-refractivity contribution is 7.98. The van der Waals surface area contributed by atoms with Crippen molar-refractivity contribution in [3.05, 3.63) is 47.5 Å². The lowest BCUT2D eigenvalue weighted by Crippen LogP contribution is -2.12. The zero-order chi connectivity index (χ0) is 17.0. The molecule has 0 saturated carbocycles. The van der Waals surface area contributed by atoms with Gasteiger partial charge in [0, 0.05) is 17.6 Å². The number of thioether (sulfide) groups is 1. The summed E-state index contributed by atoms with van der Waals surface area (Å²) in [7, 11) is -2.23. The Kier molecular flexibility index (Phi) is 5.69. The van der Waals surface area contributed by atoms with Crippen LogP contribution in [0.1, 0.15) is 11.1 Å². The van der Waals surface area contributed by atoms with E-state index in [1.807, 2.05) is 31.4 Å². The molecule has 2 N–H and O–H groups in total. The third-order valence-corrected chi connectivity index (χ3v) is 5.06. The molecule has 0 unspecified atom stereocenters. The quantitative estimate of drug-likeness (QED) is 0.806. The van der Waals surface area contributed by atoms with Crippen molar-refractivity contribution in [3.8, 4) is 11.5 Å². The lowest BCUT2D eigenvalue weighted by atomic mass is 10.2. The molecule has 0 heterocycles. The topological polar surface area (TPSA) is 78.6 Å². The van der Waals surface area contributed by atoms with Crippen LogP contribution in [0.5, 0.6) is 11.5 Å². The number of rotatable bonds is 6. The third-order valence-electron chi connectivity index (χ3n) is 3.25. The highest BCUT2D eigenvalue weighted by atomic mass is 32.2. The van der Waals surface area contributed by atoms with Crippen molar-refractivity contribution < 1.29 is 17.9 Å². The fraction of sp³-hybridized carbons (Fsp3) is 0.250. The molecule has 0 saturated heterocycles. The van der Waals surface area contributed by atoms with Crippen molar-refractivity contribution in [2.24, 2.45) is 5.14 Å². The second-order valence-corrected chi connectivity index (χ2v) is 7.39. The summed E-state index contributed by atoms with van der Waals surface area (Å²) in [6, 6.07) is 10.3. The predicted octanol–water partition coefficient (Wildman–Crippen LogP) is 3.30. The molecule has 2 aromatic carbocycles. The van der Waals surface area contributed by atoms with Crippen LogP contribution in [0.3, 0.4) is 0 Å². The molecule has 2 rings (SSSR count). The molecule has 0 spiro atoms. The lowest BCUT2D eigenvalue weighted by molar-refractivity contribution is 0.182. The van der Waals surface area contributed by atoms with E-state index >= 15 is 0 Å². The van der Waals surface area contributed by atoms with Gasteiger partial charge >= 0.3 is 0 Å². The minimum atomic E-state index is -3.76. The summed E-state index contributed by atoms with van der Waals surface area (Å²) in [6.07, 6.45) is 2.02. The number of ether oxygens (including phenoxy) is 2.